The summed E-state index contributed by atoms with van der Waals surface area (Å²) in [4.78, 5) is 2.48. The Balaban J connectivity index is 1.29. The first-order chi connectivity index (χ1) is 24.1. The third-order valence-electron chi connectivity index (χ3n) is 10.7. The van der Waals surface area contributed by atoms with Crippen LogP contribution in [-0.4, -0.2) is 12.6 Å². The van der Waals surface area contributed by atoms with Gasteiger partial charge in [0.2, 0.25) is 0 Å². The maximum atomic E-state index is 2.51. The summed E-state index contributed by atoms with van der Waals surface area (Å²) in [5, 5.41) is 10.7. The second kappa shape index (κ2) is 10.5. The predicted molar refractivity (Wildman–Crippen MR) is 213 cm³/mol. The monoisotopic (exact) mass is 642 g/mol. The van der Waals surface area contributed by atoms with Gasteiger partial charge in [-0.3, -0.25) is 0 Å². The Kier molecular flexibility index (Phi) is 6.06. The van der Waals surface area contributed by atoms with Crippen molar-refractivity contribution in [2.75, 3.05) is 4.90 Å². The molecule has 8 aromatic carbocycles. The van der Waals surface area contributed by atoms with Crippen molar-refractivity contribution in [3.05, 3.63) is 170 Å². The molecule has 0 fully saturated rings. The molecule has 0 amide bonds. The van der Waals surface area contributed by atoms with Crippen LogP contribution < -0.4 is 15.3 Å². The summed E-state index contributed by atoms with van der Waals surface area (Å²) in [6.07, 6.45) is 0. The summed E-state index contributed by atoms with van der Waals surface area (Å²) in [7, 11) is -1.94. The third kappa shape index (κ3) is 4.12. The first kappa shape index (κ1) is 28.1. The lowest BCUT2D eigenvalue weighted by atomic mass is 9.95. The molecule has 0 N–H and O–H groups in total. The zero-order valence-corrected chi connectivity index (χ0v) is 28.6. The van der Waals surface area contributed by atoms with Gasteiger partial charge in [-0.05, 0) is 86.2 Å². The van der Waals surface area contributed by atoms with Gasteiger partial charge in [0.05, 0.1) is 16.7 Å². The maximum Gasteiger partial charge on any atom is 0.113 e. The quantitative estimate of drug-likeness (QED) is 0.173. The highest BCUT2D eigenvalue weighted by molar-refractivity contribution is 7.03. The van der Waals surface area contributed by atoms with Crippen LogP contribution in [-0.2, 0) is 0 Å². The number of benzene rings is 8. The molecule has 49 heavy (non-hydrogen) atoms. The fourth-order valence-electron chi connectivity index (χ4n) is 8.44. The lowest BCUT2D eigenvalue weighted by Gasteiger charge is -2.35. The summed E-state index contributed by atoms with van der Waals surface area (Å²) < 4.78 is 2.41. The number of para-hydroxylation sites is 2. The number of fused-ring (bicyclic) bond motifs is 6. The van der Waals surface area contributed by atoms with Gasteiger partial charge in [0, 0.05) is 33.2 Å². The minimum absolute atomic E-state index is 1.14. The van der Waals surface area contributed by atoms with E-state index in [9.17, 15) is 0 Å². The Morgan fingerprint density at radius 1 is 0.449 bits per heavy atom. The van der Waals surface area contributed by atoms with Gasteiger partial charge in [-0.25, -0.2) is 0 Å². The van der Waals surface area contributed by atoms with Crippen LogP contribution >= 0.6 is 0 Å². The van der Waals surface area contributed by atoms with E-state index in [1.54, 1.807) is 0 Å². The molecule has 2 heterocycles. The first-order valence-corrected chi connectivity index (χ1v) is 20.1. The number of aromatic nitrogens is 1. The fourth-order valence-corrected chi connectivity index (χ4v) is 11.5. The average molecular weight is 643 g/mol. The lowest BCUT2D eigenvalue weighted by molar-refractivity contribution is 1.18. The number of nitrogens with zero attached hydrogens (tertiary/aromatic N) is 2. The van der Waals surface area contributed by atoms with E-state index in [-0.39, 0.29) is 0 Å². The van der Waals surface area contributed by atoms with Crippen LogP contribution in [0.1, 0.15) is 0 Å². The zero-order chi connectivity index (χ0) is 32.7. The molecule has 1 aliphatic rings. The van der Waals surface area contributed by atoms with E-state index >= 15 is 0 Å². The molecule has 0 unspecified atom stereocenters. The van der Waals surface area contributed by atoms with Gasteiger partial charge in [0.15, 0.2) is 0 Å². The molecule has 232 valence electrons. The van der Waals surface area contributed by atoms with Crippen molar-refractivity contribution in [1.29, 1.82) is 0 Å². The van der Waals surface area contributed by atoms with E-state index in [1.165, 1.54) is 70.5 Å². The van der Waals surface area contributed by atoms with Crippen molar-refractivity contribution >= 4 is 78.9 Å². The standard InChI is InChI=1S/C46H34N2Si/c1-49(2)44-21-11-9-18-38(44)39-27-28-42(40-19-12-22-45(49)46(39)40)47(34-24-23-31-13-6-7-14-32(31)29-34)35-25-26-37-36-17-8-10-20-41(36)48(43(37)30-35)33-15-4-3-5-16-33/h3-30H,1-2H3. The van der Waals surface area contributed by atoms with Crippen LogP contribution in [0.2, 0.25) is 13.1 Å². The summed E-state index contributed by atoms with van der Waals surface area (Å²) in [5.41, 5.74) is 9.78. The average Bonchev–Trinajstić information content (AvgIpc) is 3.48. The van der Waals surface area contributed by atoms with Crippen molar-refractivity contribution < 1.29 is 0 Å². The SMILES string of the molecule is C[Si]1(C)c2ccccc2-c2ccc(N(c3ccc4ccccc4c3)c3ccc4c5ccccc5n(-c5ccccc5)c4c3)c3cccc1c23. The van der Waals surface area contributed by atoms with Gasteiger partial charge < -0.3 is 9.47 Å². The van der Waals surface area contributed by atoms with Crippen molar-refractivity contribution in [3.8, 4) is 16.8 Å². The summed E-state index contributed by atoms with van der Waals surface area (Å²) in [6, 6.07) is 62.9. The van der Waals surface area contributed by atoms with Crippen molar-refractivity contribution in [2.24, 2.45) is 0 Å². The van der Waals surface area contributed by atoms with Gasteiger partial charge in [-0.1, -0.05) is 134 Å². The Morgan fingerprint density at radius 2 is 1.12 bits per heavy atom. The molecule has 2 nitrogen and oxygen atoms in total. The third-order valence-corrected chi connectivity index (χ3v) is 14.3. The van der Waals surface area contributed by atoms with Crippen molar-refractivity contribution in [1.82, 2.24) is 4.57 Å². The van der Waals surface area contributed by atoms with E-state index < -0.39 is 8.07 Å². The highest BCUT2D eigenvalue weighted by atomic mass is 28.3. The van der Waals surface area contributed by atoms with Gasteiger partial charge in [-0.15, -0.1) is 0 Å². The number of rotatable bonds is 4. The topological polar surface area (TPSA) is 8.17 Å². The Hall–Kier alpha value is -5.90. The van der Waals surface area contributed by atoms with E-state index in [2.05, 4.69) is 192 Å². The van der Waals surface area contributed by atoms with E-state index in [0.717, 1.165) is 17.1 Å². The molecule has 0 spiro atoms. The van der Waals surface area contributed by atoms with Crippen LogP contribution in [0.4, 0.5) is 17.1 Å². The highest BCUT2D eigenvalue weighted by Gasteiger charge is 2.35. The van der Waals surface area contributed by atoms with Crippen LogP contribution in [0.15, 0.2) is 170 Å². The number of hydrogen-bond donors (Lipinski definition) is 0. The molecule has 3 heteroatoms. The van der Waals surface area contributed by atoms with Gasteiger partial charge in [0.25, 0.3) is 0 Å². The minimum atomic E-state index is -1.94. The summed E-state index contributed by atoms with van der Waals surface area (Å²) in [5.74, 6) is 0. The van der Waals surface area contributed by atoms with Gasteiger partial charge in [-0.2, -0.15) is 0 Å². The van der Waals surface area contributed by atoms with Crippen molar-refractivity contribution in [3.63, 3.8) is 0 Å². The fraction of sp³-hybridized carbons (Fsp3) is 0.0435. The normalized spacial score (nSPS) is 13.3. The minimum Gasteiger partial charge on any atom is -0.310 e. The smallest absolute Gasteiger partial charge is 0.113 e. The molecule has 0 radical (unpaired) electrons. The molecule has 9 aromatic rings. The predicted octanol–water partition coefficient (Wildman–Crippen LogP) is 11.4. The molecule has 0 atom stereocenters. The zero-order valence-electron chi connectivity index (χ0n) is 27.6. The lowest BCUT2D eigenvalue weighted by Crippen LogP contribution is -2.55. The second-order valence-corrected chi connectivity index (χ2v) is 18.1. The molecule has 10 rings (SSSR count). The van der Waals surface area contributed by atoms with Crippen molar-refractivity contribution in [2.45, 2.75) is 13.1 Å². The Bertz CT molecular complexity index is 2760. The van der Waals surface area contributed by atoms with E-state index in [4.69, 9.17) is 0 Å². The van der Waals surface area contributed by atoms with Gasteiger partial charge >= 0.3 is 0 Å². The van der Waals surface area contributed by atoms with E-state index in [0.29, 0.717) is 0 Å². The molecule has 0 aliphatic carbocycles. The molecular formula is C46H34N2Si. The second-order valence-electron chi connectivity index (χ2n) is 13.8. The Morgan fingerprint density at radius 3 is 2.02 bits per heavy atom. The van der Waals surface area contributed by atoms with Crippen LogP contribution in [0, 0.1) is 0 Å². The molecule has 1 aliphatic heterocycles. The number of anilines is 3. The molecule has 1 aromatic heterocycles. The largest absolute Gasteiger partial charge is 0.310 e. The van der Waals surface area contributed by atoms with Crippen LogP contribution in [0.3, 0.4) is 0 Å². The van der Waals surface area contributed by atoms with Crippen LogP contribution in [0.5, 0.6) is 0 Å². The molecule has 0 saturated carbocycles. The van der Waals surface area contributed by atoms with Gasteiger partial charge in [0.1, 0.15) is 8.07 Å². The summed E-state index contributed by atoms with van der Waals surface area (Å²) in [6.45, 7) is 5.02. The highest BCUT2D eigenvalue weighted by Crippen LogP contribution is 2.45. The first-order valence-electron chi connectivity index (χ1n) is 17.1. The molecule has 0 bridgehead atoms. The van der Waals surface area contributed by atoms with E-state index in [1.807, 2.05) is 0 Å². The number of hydrogen-bond acceptors (Lipinski definition) is 1. The summed E-state index contributed by atoms with van der Waals surface area (Å²) >= 11 is 0. The molecule has 0 saturated heterocycles. The molecular weight excluding hydrogens is 609 g/mol. The van der Waals surface area contributed by atoms with Crippen LogP contribution in [0.25, 0.3) is 60.2 Å². The maximum absolute atomic E-state index is 2.51. The Labute approximate surface area is 287 Å².